The van der Waals surface area contributed by atoms with Crippen LogP contribution in [0.5, 0.6) is 0 Å². The van der Waals surface area contributed by atoms with E-state index in [0.29, 0.717) is 0 Å². The zero-order valence-corrected chi connectivity index (χ0v) is 9.92. The first kappa shape index (κ1) is 10.7. The number of aromatic nitrogens is 2. The first-order valence-corrected chi connectivity index (χ1v) is 5.83. The summed E-state index contributed by atoms with van der Waals surface area (Å²) in [5.41, 5.74) is 7.12. The number of thiophene rings is 1. The van der Waals surface area contributed by atoms with Crippen LogP contribution in [0.4, 0.5) is 0 Å². The van der Waals surface area contributed by atoms with Gasteiger partial charge in [0.25, 0.3) is 0 Å². The van der Waals surface area contributed by atoms with Crippen molar-refractivity contribution in [2.75, 3.05) is 0 Å². The Morgan fingerprint density at radius 3 is 2.93 bits per heavy atom. The van der Waals surface area contributed by atoms with Crippen molar-refractivity contribution in [3.8, 4) is 0 Å². The molecule has 1 atom stereocenters. The Morgan fingerprint density at radius 2 is 2.40 bits per heavy atom. The molecule has 0 fully saturated rings. The molecule has 3 nitrogen and oxygen atoms in total. The van der Waals surface area contributed by atoms with E-state index in [1.165, 1.54) is 4.88 Å². The van der Waals surface area contributed by atoms with E-state index in [-0.39, 0.29) is 6.04 Å². The Morgan fingerprint density at radius 1 is 1.60 bits per heavy atom. The lowest BCUT2D eigenvalue weighted by atomic mass is 10.1. The third-order valence-corrected chi connectivity index (χ3v) is 3.46. The van der Waals surface area contributed by atoms with Crippen LogP contribution in [0.15, 0.2) is 24.5 Å². The summed E-state index contributed by atoms with van der Waals surface area (Å²) < 4.78 is 2.57. The standard InChI is InChI=1S/C10H12ClN3S/c1-14-6-7(5-13-14)9(12)4-8-2-3-10(11)15-8/h2-3,5-6,9H,4,12H2,1H3. The summed E-state index contributed by atoms with van der Waals surface area (Å²) in [6.45, 7) is 0. The van der Waals surface area contributed by atoms with E-state index >= 15 is 0 Å². The Labute approximate surface area is 97.5 Å². The highest BCUT2D eigenvalue weighted by Crippen LogP contribution is 2.25. The number of nitrogens with zero attached hydrogens (tertiary/aromatic N) is 2. The van der Waals surface area contributed by atoms with Gasteiger partial charge in [-0.2, -0.15) is 5.10 Å². The van der Waals surface area contributed by atoms with Crippen LogP contribution in [0.3, 0.4) is 0 Å². The zero-order chi connectivity index (χ0) is 10.8. The number of hydrogen-bond donors (Lipinski definition) is 1. The van der Waals surface area contributed by atoms with E-state index in [2.05, 4.69) is 5.10 Å². The van der Waals surface area contributed by atoms with Crippen molar-refractivity contribution in [2.24, 2.45) is 12.8 Å². The predicted octanol–water partition coefficient (Wildman–Crippen LogP) is 2.38. The molecule has 80 valence electrons. The van der Waals surface area contributed by atoms with Crippen LogP contribution in [0.2, 0.25) is 4.34 Å². The van der Waals surface area contributed by atoms with Crippen molar-refractivity contribution in [1.82, 2.24) is 9.78 Å². The van der Waals surface area contributed by atoms with Crippen LogP contribution >= 0.6 is 22.9 Å². The van der Waals surface area contributed by atoms with Gasteiger partial charge in [-0.3, -0.25) is 4.68 Å². The Balaban J connectivity index is 2.06. The lowest BCUT2D eigenvalue weighted by Gasteiger charge is -2.06. The molecule has 0 saturated carbocycles. The fourth-order valence-electron chi connectivity index (χ4n) is 1.43. The van der Waals surface area contributed by atoms with Crippen molar-refractivity contribution in [3.05, 3.63) is 39.3 Å². The molecule has 0 aliphatic carbocycles. The number of rotatable bonds is 3. The van der Waals surface area contributed by atoms with Gasteiger partial charge in [-0.05, 0) is 12.1 Å². The molecule has 5 heteroatoms. The summed E-state index contributed by atoms with van der Waals surface area (Å²) in [6.07, 6.45) is 4.56. The van der Waals surface area contributed by atoms with E-state index in [0.717, 1.165) is 16.3 Å². The molecular weight excluding hydrogens is 230 g/mol. The van der Waals surface area contributed by atoms with Crippen LogP contribution < -0.4 is 5.73 Å². The van der Waals surface area contributed by atoms with Crippen LogP contribution in [0.25, 0.3) is 0 Å². The molecule has 0 radical (unpaired) electrons. The average molecular weight is 242 g/mol. The SMILES string of the molecule is Cn1cc(C(N)Cc2ccc(Cl)s2)cn1. The summed E-state index contributed by atoms with van der Waals surface area (Å²) in [5, 5.41) is 4.10. The fourth-order valence-corrected chi connectivity index (χ4v) is 2.57. The molecule has 0 saturated heterocycles. The molecule has 2 aromatic rings. The van der Waals surface area contributed by atoms with Crippen LogP contribution in [-0.4, -0.2) is 9.78 Å². The van der Waals surface area contributed by atoms with Gasteiger partial charge in [0.05, 0.1) is 10.5 Å². The molecule has 0 aliphatic heterocycles. The number of aryl methyl sites for hydroxylation is 1. The molecule has 15 heavy (non-hydrogen) atoms. The molecule has 0 aromatic carbocycles. The third kappa shape index (κ3) is 2.59. The minimum atomic E-state index is -0.00610. The lowest BCUT2D eigenvalue weighted by molar-refractivity contribution is 0.724. The second kappa shape index (κ2) is 4.35. The second-order valence-corrected chi connectivity index (χ2v) is 5.26. The third-order valence-electron chi connectivity index (χ3n) is 2.20. The van der Waals surface area contributed by atoms with Crippen LogP contribution in [-0.2, 0) is 13.5 Å². The molecular formula is C10H12ClN3S. The summed E-state index contributed by atoms with van der Waals surface area (Å²) >= 11 is 7.43. The molecule has 2 N–H and O–H groups in total. The molecule has 2 aromatic heterocycles. The first-order valence-electron chi connectivity index (χ1n) is 4.63. The Hall–Kier alpha value is -0.840. The second-order valence-electron chi connectivity index (χ2n) is 3.46. The fraction of sp³-hybridized carbons (Fsp3) is 0.300. The topological polar surface area (TPSA) is 43.8 Å². The molecule has 1 unspecified atom stereocenters. The number of halogens is 1. The van der Waals surface area contributed by atoms with E-state index < -0.39 is 0 Å². The lowest BCUT2D eigenvalue weighted by Crippen LogP contribution is -2.11. The van der Waals surface area contributed by atoms with Gasteiger partial charge in [0.2, 0.25) is 0 Å². The van der Waals surface area contributed by atoms with Crippen molar-refractivity contribution in [2.45, 2.75) is 12.5 Å². The Kier molecular flexibility index (Phi) is 3.09. The normalized spacial score (nSPS) is 13.0. The van der Waals surface area contributed by atoms with Crippen LogP contribution in [0.1, 0.15) is 16.5 Å². The highest BCUT2D eigenvalue weighted by atomic mass is 35.5. The quantitative estimate of drug-likeness (QED) is 0.897. The largest absolute Gasteiger partial charge is 0.324 e. The van der Waals surface area contributed by atoms with E-state index in [1.807, 2.05) is 25.4 Å². The summed E-state index contributed by atoms with van der Waals surface area (Å²) in [5.74, 6) is 0. The van der Waals surface area contributed by atoms with Crippen molar-refractivity contribution in [3.63, 3.8) is 0 Å². The summed E-state index contributed by atoms with van der Waals surface area (Å²) in [4.78, 5) is 1.20. The molecule has 0 spiro atoms. The maximum Gasteiger partial charge on any atom is 0.0931 e. The van der Waals surface area contributed by atoms with Gasteiger partial charge in [-0.1, -0.05) is 11.6 Å². The van der Waals surface area contributed by atoms with Crippen molar-refractivity contribution < 1.29 is 0 Å². The molecule has 2 rings (SSSR count). The number of nitrogens with two attached hydrogens (primary N) is 1. The van der Waals surface area contributed by atoms with Gasteiger partial charge in [-0.15, -0.1) is 11.3 Å². The maximum atomic E-state index is 6.06. The smallest absolute Gasteiger partial charge is 0.0931 e. The van der Waals surface area contributed by atoms with Crippen LogP contribution in [0, 0.1) is 0 Å². The first-order chi connectivity index (χ1) is 7.15. The number of hydrogen-bond acceptors (Lipinski definition) is 3. The van der Waals surface area contributed by atoms with Crippen molar-refractivity contribution >= 4 is 22.9 Å². The van der Waals surface area contributed by atoms with E-state index in [9.17, 15) is 0 Å². The van der Waals surface area contributed by atoms with Gasteiger partial charge in [0.1, 0.15) is 0 Å². The highest BCUT2D eigenvalue weighted by molar-refractivity contribution is 7.16. The molecule has 0 amide bonds. The van der Waals surface area contributed by atoms with E-state index in [4.69, 9.17) is 17.3 Å². The average Bonchev–Trinajstić information content (AvgIpc) is 2.75. The van der Waals surface area contributed by atoms with Gasteiger partial charge in [0.15, 0.2) is 0 Å². The van der Waals surface area contributed by atoms with Gasteiger partial charge in [0, 0.05) is 36.1 Å². The summed E-state index contributed by atoms with van der Waals surface area (Å²) in [7, 11) is 1.89. The Bertz CT molecular complexity index is 449. The van der Waals surface area contributed by atoms with Crippen molar-refractivity contribution in [1.29, 1.82) is 0 Å². The van der Waals surface area contributed by atoms with Gasteiger partial charge in [-0.25, -0.2) is 0 Å². The zero-order valence-electron chi connectivity index (χ0n) is 8.35. The van der Waals surface area contributed by atoms with E-state index in [1.54, 1.807) is 22.2 Å². The highest BCUT2D eigenvalue weighted by Gasteiger charge is 2.10. The van der Waals surface area contributed by atoms with Gasteiger partial charge >= 0.3 is 0 Å². The molecule has 0 aliphatic rings. The summed E-state index contributed by atoms with van der Waals surface area (Å²) in [6, 6.07) is 3.91. The molecule has 2 heterocycles. The minimum absolute atomic E-state index is 0.00610. The maximum absolute atomic E-state index is 6.06. The molecule has 0 bridgehead atoms. The monoisotopic (exact) mass is 241 g/mol. The predicted molar refractivity (Wildman–Crippen MR) is 63.2 cm³/mol. The van der Waals surface area contributed by atoms with Gasteiger partial charge < -0.3 is 5.73 Å². The minimum Gasteiger partial charge on any atom is -0.324 e.